The largest absolute Gasteiger partial charge is 0.480 e. The van der Waals surface area contributed by atoms with Gasteiger partial charge in [-0.25, -0.2) is 4.79 Å². The maximum atomic E-state index is 12.0. The average Bonchev–Trinajstić information content (AvgIpc) is 2.11. The Morgan fingerprint density at radius 1 is 1.29 bits per heavy atom. The molecule has 0 aromatic carbocycles. The molecule has 0 saturated carbocycles. The normalized spacial score (nSPS) is 13.5. The van der Waals surface area contributed by atoms with Crippen LogP contribution in [0.5, 0.6) is 0 Å². The van der Waals surface area contributed by atoms with E-state index in [0.717, 1.165) is 0 Å². The maximum absolute atomic E-state index is 12.0. The lowest BCUT2D eigenvalue weighted by atomic mass is 10.1. The van der Waals surface area contributed by atoms with Gasteiger partial charge in [-0.15, -0.1) is 0 Å². The van der Waals surface area contributed by atoms with E-state index in [9.17, 15) is 22.8 Å². The molecule has 1 unspecified atom stereocenters. The third-order valence-electron chi connectivity index (χ3n) is 2.02. The Balaban J connectivity index is 4.26. The molecule has 1 atom stereocenters. The summed E-state index contributed by atoms with van der Waals surface area (Å²) in [5, 5.41) is 10.4. The first-order chi connectivity index (χ1) is 7.61. The molecule has 0 aliphatic heterocycles. The van der Waals surface area contributed by atoms with Crippen molar-refractivity contribution in [2.75, 3.05) is 0 Å². The molecule has 1 amide bonds. The third-order valence-corrected chi connectivity index (χ3v) is 2.02. The number of carbonyl (C=O) groups excluding carboxylic acids is 1. The zero-order valence-corrected chi connectivity index (χ0v) is 9.67. The maximum Gasteiger partial charge on any atom is 0.391 e. The van der Waals surface area contributed by atoms with Gasteiger partial charge in [0.1, 0.15) is 6.04 Å². The van der Waals surface area contributed by atoms with E-state index in [0.29, 0.717) is 6.42 Å². The Morgan fingerprint density at radius 3 is 2.18 bits per heavy atom. The summed E-state index contributed by atoms with van der Waals surface area (Å²) < 4.78 is 36.0. The van der Waals surface area contributed by atoms with Crippen LogP contribution in [0.15, 0.2) is 0 Å². The molecule has 0 spiro atoms. The summed E-state index contributed by atoms with van der Waals surface area (Å²) in [6, 6.07) is -1.91. The minimum Gasteiger partial charge on any atom is -0.480 e. The number of halogens is 3. The second-order valence-corrected chi connectivity index (χ2v) is 4.21. The van der Waals surface area contributed by atoms with Crippen LogP contribution in [0.3, 0.4) is 0 Å². The lowest BCUT2D eigenvalue weighted by molar-refractivity contribution is -0.160. The molecule has 0 radical (unpaired) electrons. The first-order valence-electron chi connectivity index (χ1n) is 5.20. The molecule has 100 valence electrons. The van der Waals surface area contributed by atoms with E-state index in [-0.39, 0.29) is 12.3 Å². The van der Waals surface area contributed by atoms with Gasteiger partial charge in [-0.2, -0.15) is 13.2 Å². The van der Waals surface area contributed by atoms with Gasteiger partial charge >= 0.3 is 12.1 Å². The highest BCUT2D eigenvalue weighted by atomic mass is 19.4. The monoisotopic (exact) mass is 255 g/mol. The first kappa shape index (κ1) is 15.7. The Morgan fingerprint density at radius 2 is 1.82 bits per heavy atom. The van der Waals surface area contributed by atoms with Crippen LogP contribution in [-0.2, 0) is 9.59 Å². The van der Waals surface area contributed by atoms with Crippen LogP contribution in [0.1, 0.15) is 33.1 Å². The second-order valence-electron chi connectivity index (χ2n) is 4.21. The highest BCUT2D eigenvalue weighted by Gasteiger charge is 2.36. The first-order valence-corrected chi connectivity index (χ1v) is 5.20. The number of hydrogen-bond acceptors (Lipinski definition) is 2. The smallest absolute Gasteiger partial charge is 0.391 e. The molecular weight excluding hydrogens is 239 g/mol. The van der Waals surface area contributed by atoms with Gasteiger partial charge < -0.3 is 10.4 Å². The van der Waals surface area contributed by atoms with E-state index >= 15 is 0 Å². The van der Waals surface area contributed by atoms with Gasteiger partial charge in [0.25, 0.3) is 0 Å². The molecule has 2 N–H and O–H groups in total. The zero-order chi connectivity index (χ0) is 13.6. The molecule has 0 aromatic heterocycles. The van der Waals surface area contributed by atoms with Gasteiger partial charge in [0.05, 0.1) is 6.42 Å². The highest BCUT2D eigenvalue weighted by Crippen LogP contribution is 2.21. The summed E-state index contributed by atoms with van der Waals surface area (Å²) in [7, 11) is 0. The summed E-state index contributed by atoms with van der Waals surface area (Å²) >= 11 is 0. The van der Waals surface area contributed by atoms with Crippen molar-refractivity contribution in [1.82, 2.24) is 5.32 Å². The molecule has 0 rings (SSSR count). The summed E-state index contributed by atoms with van der Waals surface area (Å²) in [6.45, 7) is 3.72. The molecule has 0 aliphatic carbocycles. The predicted octanol–water partition coefficient (Wildman–Crippen LogP) is 1.94. The van der Waals surface area contributed by atoms with Crippen molar-refractivity contribution in [3.8, 4) is 0 Å². The molecule has 0 aromatic rings. The van der Waals surface area contributed by atoms with Gasteiger partial charge in [-0.1, -0.05) is 13.8 Å². The van der Waals surface area contributed by atoms with Gasteiger partial charge in [0, 0.05) is 6.42 Å². The number of rotatable bonds is 6. The van der Waals surface area contributed by atoms with Crippen LogP contribution in [0.4, 0.5) is 13.2 Å². The van der Waals surface area contributed by atoms with Crippen LogP contribution in [0.2, 0.25) is 0 Å². The van der Waals surface area contributed by atoms with Crippen LogP contribution in [-0.4, -0.2) is 29.2 Å². The van der Waals surface area contributed by atoms with Crippen LogP contribution in [0.25, 0.3) is 0 Å². The minimum absolute atomic E-state index is 0.0271. The van der Waals surface area contributed by atoms with E-state index < -0.39 is 30.5 Å². The van der Waals surface area contributed by atoms with Crippen LogP contribution in [0, 0.1) is 5.92 Å². The quantitative estimate of drug-likeness (QED) is 0.762. The third kappa shape index (κ3) is 8.53. The summed E-state index contributed by atoms with van der Waals surface area (Å²) in [4.78, 5) is 21.7. The van der Waals surface area contributed by atoms with E-state index in [1.807, 2.05) is 19.2 Å². The summed E-state index contributed by atoms with van der Waals surface area (Å²) in [5.74, 6) is -2.12. The molecule has 0 aliphatic rings. The number of nitrogens with one attached hydrogen (secondary N) is 1. The molecule has 17 heavy (non-hydrogen) atoms. The Bertz CT molecular complexity index is 276. The van der Waals surface area contributed by atoms with Crippen molar-refractivity contribution in [3.05, 3.63) is 0 Å². The molecule has 4 nitrogen and oxygen atoms in total. The Labute approximate surface area is 97.2 Å². The van der Waals surface area contributed by atoms with E-state index in [1.54, 1.807) is 0 Å². The summed E-state index contributed by atoms with van der Waals surface area (Å²) in [6.07, 6.45) is -5.65. The van der Waals surface area contributed by atoms with Crippen molar-refractivity contribution in [2.24, 2.45) is 5.92 Å². The standard InChI is InChI=1S/C10H16F3NO3/c1-6(2)3-4-8(15)14-7(9(16)17)5-10(11,12)13/h6-7H,3-5H2,1-2H3,(H,14,15)(H,16,17). The fraction of sp³-hybridized carbons (Fsp3) is 0.800. The second kappa shape index (κ2) is 6.46. The summed E-state index contributed by atoms with van der Waals surface area (Å²) in [5.41, 5.74) is 0. The van der Waals surface area contributed by atoms with Crippen LogP contribution >= 0.6 is 0 Å². The van der Waals surface area contributed by atoms with Crippen molar-refractivity contribution in [1.29, 1.82) is 0 Å². The molecular formula is C10H16F3NO3. The average molecular weight is 255 g/mol. The number of carboxylic acids is 1. The van der Waals surface area contributed by atoms with Gasteiger partial charge in [0.2, 0.25) is 5.91 Å². The van der Waals surface area contributed by atoms with Gasteiger partial charge in [-0.3, -0.25) is 4.79 Å². The number of alkyl halides is 3. The lowest BCUT2D eigenvalue weighted by Gasteiger charge is -2.16. The van der Waals surface area contributed by atoms with Crippen molar-refractivity contribution < 1.29 is 27.9 Å². The molecule has 0 saturated heterocycles. The molecule has 0 fully saturated rings. The van der Waals surface area contributed by atoms with Crippen molar-refractivity contribution in [2.45, 2.75) is 45.3 Å². The number of amides is 1. The van der Waals surface area contributed by atoms with E-state index in [1.165, 1.54) is 0 Å². The van der Waals surface area contributed by atoms with E-state index in [2.05, 4.69) is 0 Å². The van der Waals surface area contributed by atoms with Gasteiger partial charge in [0.15, 0.2) is 0 Å². The number of carbonyl (C=O) groups is 2. The fourth-order valence-electron chi connectivity index (χ4n) is 1.12. The molecule has 0 bridgehead atoms. The van der Waals surface area contributed by atoms with E-state index in [4.69, 9.17) is 5.11 Å². The highest BCUT2D eigenvalue weighted by molar-refractivity contribution is 5.83. The van der Waals surface area contributed by atoms with Crippen LogP contribution < -0.4 is 5.32 Å². The topological polar surface area (TPSA) is 66.4 Å². The van der Waals surface area contributed by atoms with Crippen molar-refractivity contribution >= 4 is 11.9 Å². The molecule has 7 heteroatoms. The SMILES string of the molecule is CC(C)CCC(=O)NC(CC(F)(F)F)C(=O)O. The molecule has 0 heterocycles. The van der Waals surface area contributed by atoms with Gasteiger partial charge in [-0.05, 0) is 12.3 Å². The Kier molecular flexibility index (Phi) is 5.98. The lowest BCUT2D eigenvalue weighted by Crippen LogP contribution is -2.43. The number of aliphatic carboxylic acids is 1. The van der Waals surface area contributed by atoms with Crippen molar-refractivity contribution in [3.63, 3.8) is 0 Å². The number of hydrogen-bond donors (Lipinski definition) is 2. The predicted molar refractivity (Wildman–Crippen MR) is 54.3 cm³/mol. The Hall–Kier alpha value is -1.27. The fourth-order valence-corrected chi connectivity index (χ4v) is 1.12. The number of carboxylic acid groups (broad SMARTS) is 1. The minimum atomic E-state index is -4.62. The zero-order valence-electron chi connectivity index (χ0n) is 9.67.